The van der Waals surface area contributed by atoms with Crippen LogP contribution >= 0.6 is 22.6 Å². The summed E-state index contributed by atoms with van der Waals surface area (Å²) in [5.74, 6) is 0.735. The van der Waals surface area contributed by atoms with E-state index in [1.165, 1.54) is 3.57 Å². The Kier molecular flexibility index (Phi) is 3.34. The number of imidazole rings is 1. The molecule has 0 aliphatic heterocycles. The maximum atomic E-state index is 5.42. The number of fused-ring (bicyclic) bond motifs is 1. The summed E-state index contributed by atoms with van der Waals surface area (Å²) < 4.78 is 6.61. The van der Waals surface area contributed by atoms with Crippen LogP contribution in [-0.2, 0) is 6.42 Å². The maximum absolute atomic E-state index is 5.42. The molecule has 0 saturated heterocycles. The smallest absolute Gasteiger partial charge is 0.143 e. The Morgan fingerprint density at radius 2 is 2.05 bits per heavy atom. The third-order valence-electron chi connectivity index (χ3n) is 3.35. The highest BCUT2D eigenvalue weighted by molar-refractivity contribution is 14.1. The number of benzene rings is 1. The number of nitrogens with one attached hydrogen (secondary N) is 1. The number of rotatable bonds is 3. The zero-order chi connectivity index (χ0) is 14.9. The molecule has 4 rings (SSSR count). The predicted octanol–water partition coefficient (Wildman–Crippen LogP) is 3.20. The molecule has 3 aromatic heterocycles. The van der Waals surface area contributed by atoms with Crippen molar-refractivity contribution in [3.05, 3.63) is 57.9 Å². The third-order valence-corrected chi connectivity index (χ3v) is 4.07. The molecule has 0 amide bonds. The second-order valence-electron chi connectivity index (χ2n) is 4.82. The zero-order valence-electron chi connectivity index (χ0n) is 11.3. The van der Waals surface area contributed by atoms with Gasteiger partial charge in [-0.25, -0.2) is 4.98 Å². The molecule has 0 atom stereocenters. The molecule has 1 aromatic carbocycles. The average molecular weight is 403 g/mol. The van der Waals surface area contributed by atoms with Gasteiger partial charge in [-0.15, -0.1) is 0 Å². The highest BCUT2D eigenvalue weighted by Crippen LogP contribution is 2.22. The molecule has 0 saturated carbocycles. The van der Waals surface area contributed by atoms with Gasteiger partial charge in [0.2, 0.25) is 0 Å². The van der Waals surface area contributed by atoms with Crippen LogP contribution < -0.4 is 0 Å². The van der Waals surface area contributed by atoms with Crippen LogP contribution in [0.15, 0.2) is 47.4 Å². The predicted molar refractivity (Wildman–Crippen MR) is 89.1 cm³/mol. The van der Waals surface area contributed by atoms with E-state index >= 15 is 0 Å². The van der Waals surface area contributed by atoms with Gasteiger partial charge in [0.25, 0.3) is 0 Å². The first-order chi connectivity index (χ1) is 10.8. The molecule has 0 aliphatic rings. The Labute approximate surface area is 139 Å². The molecule has 0 radical (unpaired) electrons. The average Bonchev–Trinajstić information content (AvgIpc) is 3.17. The van der Waals surface area contributed by atoms with Crippen molar-refractivity contribution in [3.8, 4) is 11.3 Å². The standard InChI is InChI=1S/C15H10IN5O/c16-10-3-1-9(2-4-10)12-5-11(22-21-12)6-13-15-14(7-19-20-13)17-8-18-15/h1-5,7-8H,6H2,(H,17,18). The van der Waals surface area contributed by atoms with Gasteiger partial charge < -0.3 is 9.51 Å². The summed E-state index contributed by atoms with van der Waals surface area (Å²) in [6.45, 7) is 0. The van der Waals surface area contributed by atoms with Crippen molar-refractivity contribution >= 4 is 33.6 Å². The van der Waals surface area contributed by atoms with Crippen LogP contribution in [0.3, 0.4) is 0 Å². The number of aromatic nitrogens is 5. The Hall–Kier alpha value is -2.29. The number of aromatic amines is 1. The SMILES string of the molecule is Ic1ccc(-c2cc(Cc3nncc4[nH]cnc34)on2)cc1. The monoisotopic (exact) mass is 403 g/mol. The van der Waals surface area contributed by atoms with Crippen molar-refractivity contribution in [1.82, 2.24) is 25.3 Å². The Morgan fingerprint density at radius 3 is 2.91 bits per heavy atom. The number of hydrogen-bond acceptors (Lipinski definition) is 5. The number of nitrogens with zero attached hydrogens (tertiary/aromatic N) is 4. The van der Waals surface area contributed by atoms with Crippen LogP contribution in [0.4, 0.5) is 0 Å². The van der Waals surface area contributed by atoms with Gasteiger partial charge in [-0.3, -0.25) is 0 Å². The summed E-state index contributed by atoms with van der Waals surface area (Å²) in [6.07, 6.45) is 3.80. The van der Waals surface area contributed by atoms with Crippen LogP contribution in [0.1, 0.15) is 11.5 Å². The molecule has 22 heavy (non-hydrogen) atoms. The second kappa shape index (κ2) is 5.48. The first kappa shape index (κ1) is 13.4. The molecule has 108 valence electrons. The van der Waals surface area contributed by atoms with Crippen molar-refractivity contribution in [3.63, 3.8) is 0 Å². The Bertz CT molecular complexity index is 928. The second-order valence-corrected chi connectivity index (χ2v) is 6.06. The quantitative estimate of drug-likeness (QED) is 0.532. The van der Waals surface area contributed by atoms with Gasteiger partial charge in [0.1, 0.15) is 17.0 Å². The van der Waals surface area contributed by atoms with Gasteiger partial charge in [0.05, 0.1) is 30.2 Å². The summed E-state index contributed by atoms with van der Waals surface area (Å²) in [7, 11) is 0. The minimum atomic E-state index is 0.507. The lowest BCUT2D eigenvalue weighted by Gasteiger charge is -1.96. The van der Waals surface area contributed by atoms with Gasteiger partial charge in [-0.2, -0.15) is 10.2 Å². The van der Waals surface area contributed by atoms with E-state index in [0.29, 0.717) is 6.42 Å². The molecule has 0 unspecified atom stereocenters. The normalized spacial score (nSPS) is 11.1. The van der Waals surface area contributed by atoms with Gasteiger partial charge in [0, 0.05) is 15.2 Å². The highest BCUT2D eigenvalue weighted by atomic mass is 127. The lowest BCUT2D eigenvalue weighted by atomic mass is 10.1. The van der Waals surface area contributed by atoms with Crippen molar-refractivity contribution in [2.24, 2.45) is 0 Å². The molecule has 0 bridgehead atoms. The van der Waals surface area contributed by atoms with Crippen LogP contribution in [-0.4, -0.2) is 25.3 Å². The Morgan fingerprint density at radius 1 is 1.18 bits per heavy atom. The van der Waals surface area contributed by atoms with E-state index in [1.54, 1.807) is 12.5 Å². The fraction of sp³-hybridized carbons (Fsp3) is 0.0667. The van der Waals surface area contributed by atoms with E-state index in [2.05, 4.69) is 47.9 Å². The van der Waals surface area contributed by atoms with Crippen molar-refractivity contribution in [2.45, 2.75) is 6.42 Å². The highest BCUT2D eigenvalue weighted by Gasteiger charge is 2.12. The Balaban J connectivity index is 1.64. The topological polar surface area (TPSA) is 80.5 Å². The van der Waals surface area contributed by atoms with Crippen molar-refractivity contribution in [2.75, 3.05) is 0 Å². The van der Waals surface area contributed by atoms with Gasteiger partial charge in [-0.05, 0) is 34.7 Å². The van der Waals surface area contributed by atoms with E-state index in [9.17, 15) is 0 Å². The van der Waals surface area contributed by atoms with E-state index < -0.39 is 0 Å². The van der Waals surface area contributed by atoms with Gasteiger partial charge in [0.15, 0.2) is 0 Å². The van der Waals surface area contributed by atoms with Crippen LogP contribution in [0.5, 0.6) is 0 Å². The molecule has 0 aliphatic carbocycles. The maximum Gasteiger partial charge on any atom is 0.143 e. The fourth-order valence-corrected chi connectivity index (χ4v) is 2.63. The van der Waals surface area contributed by atoms with E-state index in [-0.39, 0.29) is 0 Å². The third kappa shape index (κ3) is 2.47. The van der Waals surface area contributed by atoms with Gasteiger partial charge in [-0.1, -0.05) is 17.3 Å². The molecular formula is C15H10IN5O. The molecule has 0 fully saturated rings. The van der Waals surface area contributed by atoms with E-state index in [0.717, 1.165) is 33.7 Å². The van der Waals surface area contributed by atoms with Crippen LogP contribution in [0.2, 0.25) is 0 Å². The largest absolute Gasteiger partial charge is 0.360 e. The van der Waals surface area contributed by atoms with Crippen molar-refractivity contribution in [1.29, 1.82) is 0 Å². The lowest BCUT2D eigenvalue weighted by Crippen LogP contribution is -1.95. The first-order valence-corrected chi connectivity index (χ1v) is 7.72. The summed E-state index contributed by atoms with van der Waals surface area (Å²) in [5.41, 5.74) is 4.28. The molecule has 3 heterocycles. The van der Waals surface area contributed by atoms with E-state index in [4.69, 9.17) is 4.52 Å². The number of H-pyrrole nitrogens is 1. The molecule has 7 heteroatoms. The van der Waals surface area contributed by atoms with Crippen LogP contribution in [0, 0.1) is 3.57 Å². The fourth-order valence-electron chi connectivity index (χ4n) is 2.27. The molecule has 4 aromatic rings. The minimum Gasteiger partial charge on any atom is -0.360 e. The summed E-state index contributed by atoms with van der Waals surface area (Å²) in [5, 5.41) is 12.2. The summed E-state index contributed by atoms with van der Waals surface area (Å²) in [6, 6.07) is 10.1. The minimum absolute atomic E-state index is 0.507. The van der Waals surface area contributed by atoms with Crippen molar-refractivity contribution < 1.29 is 4.52 Å². The zero-order valence-corrected chi connectivity index (χ0v) is 13.5. The van der Waals surface area contributed by atoms with Gasteiger partial charge >= 0.3 is 0 Å². The summed E-state index contributed by atoms with van der Waals surface area (Å²) >= 11 is 2.27. The molecule has 1 N–H and O–H groups in total. The first-order valence-electron chi connectivity index (χ1n) is 6.65. The number of halogens is 1. The number of hydrogen-bond donors (Lipinski definition) is 1. The lowest BCUT2D eigenvalue weighted by molar-refractivity contribution is 0.391. The molecule has 0 spiro atoms. The van der Waals surface area contributed by atoms with Crippen LogP contribution in [0.25, 0.3) is 22.3 Å². The molecular weight excluding hydrogens is 393 g/mol. The summed E-state index contributed by atoms with van der Waals surface area (Å²) in [4.78, 5) is 7.29. The molecule has 6 nitrogen and oxygen atoms in total. The van der Waals surface area contributed by atoms with E-state index in [1.807, 2.05) is 30.3 Å².